The van der Waals surface area contributed by atoms with E-state index in [1.54, 1.807) is 5.48 Å². The quantitative estimate of drug-likeness (QED) is 0.103. The lowest BCUT2D eigenvalue weighted by atomic mass is 10.0. The Bertz CT molecular complexity index is 373. The summed E-state index contributed by atoms with van der Waals surface area (Å²) >= 11 is 0. The normalized spacial score (nSPS) is 11.7. The van der Waals surface area contributed by atoms with E-state index in [1.807, 2.05) is 0 Å². The molecule has 0 radical (unpaired) electrons. The average Bonchev–Trinajstić information content (AvgIpc) is 2.59. The maximum atomic E-state index is 10.8. The molecule has 0 aliphatic heterocycles. The van der Waals surface area contributed by atoms with Crippen LogP contribution in [0.2, 0.25) is 0 Å². The van der Waals surface area contributed by atoms with Crippen LogP contribution in [0.25, 0.3) is 0 Å². The highest BCUT2D eigenvalue weighted by Crippen LogP contribution is 2.35. The number of rotatable bonds is 19. The SMILES string of the molecule is O=C(CCCCCCCCCCCCCCCCCCP(=O)(O)O)NO. The minimum absolute atomic E-state index is 0.0356. The highest BCUT2D eigenvalue weighted by atomic mass is 31.2. The smallest absolute Gasteiger partial charge is 0.324 e. The van der Waals surface area contributed by atoms with Gasteiger partial charge in [0, 0.05) is 12.6 Å². The second kappa shape index (κ2) is 18.0. The van der Waals surface area contributed by atoms with Crippen molar-refractivity contribution >= 4 is 13.5 Å². The van der Waals surface area contributed by atoms with Crippen molar-refractivity contribution in [2.75, 3.05) is 6.16 Å². The molecule has 0 saturated heterocycles. The summed E-state index contributed by atoms with van der Waals surface area (Å²) in [6.07, 6.45) is 19.0. The summed E-state index contributed by atoms with van der Waals surface area (Å²) in [6.45, 7) is 0. The zero-order valence-electron chi connectivity index (χ0n) is 16.3. The van der Waals surface area contributed by atoms with Gasteiger partial charge >= 0.3 is 7.60 Å². The third kappa shape index (κ3) is 21.6. The molecule has 0 unspecified atom stereocenters. The predicted molar refractivity (Wildman–Crippen MR) is 105 cm³/mol. The molecule has 26 heavy (non-hydrogen) atoms. The molecule has 4 N–H and O–H groups in total. The lowest BCUT2D eigenvalue weighted by Crippen LogP contribution is -2.17. The van der Waals surface area contributed by atoms with Gasteiger partial charge in [-0.1, -0.05) is 89.9 Å². The first-order valence-electron chi connectivity index (χ1n) is 10.4. The van der Waals surface area contributed by atoms with Crippen LogP contribution in [0.4, 0.5) is 0 Å². The molecule has 0 aromatic carbocycles. The Balaban J connectivity index is 3.07. The Morgan fingerprint density at radius 1 is 0.615 bits per heavy atom. The number of hydroxylamine groups is 1. The Labute approximate surface area is 159 Å². The highest BCUT2D eigenvalue weighted by Gasteiger charge is 2.10. The Morgan fingerprint density at radius 2 is 0.923 bits per heavy atom. The van der Waals surface area contributed by atoms with E-state index in [2.05, 4.69) is 0 Å². The van der Waals surface area contributed by atoms with Gasteiger partial charge in [0.25, 0.3) is 0 Å². The third-order valence-electron chi connectivity index (χ3n) is 4.73. The van der Waals surface area contributed by atoms with Crippen molar-refractivity contribution in [2.45, 2.75) is 109 Å². The molecule has 0 aromatic heterocycles. The molecule has 0 aliphatic rings. The number of hydrogen-bond donors (Lipinski definition) is 4. The standard InChI is InChI=1S/C19H40NO5P/c21-19(20-22)17-15-13-11-9-7-5-3-1-2-4-6-8-10-12-14-16-18-26(23,24)25/h22H,1-18H2,(H,20,21)(H2,23,24,25). The fraction of sp³-hybridized carbons (Fsp3) is 0.947. The molecule has 0 spiro atoms. The molecule has 0 heterocycles. The van der Waals surface area contributed by atoms with E-state index in [0.717, 1.165) is 25.7 Å². The van der Waals surface area contributed by atoms with Gasteiger partial charge in [-0.2, -0.15) is 0 Å². The molecule has 0 bridgehead atoms. The lowest BCUT2D eigenvalue weighted by molar-refractivity contribution is -0.129. The minimum Gasteiger partial charge on any atom is -0.324 e. The summed E-state index contributed by atoms with van der Waals surface area (Å²) in [5.74, 6) is -0.287. The van der Waals surface area contributed by atoms with Crippen LogP contribution in [0, 0.1) is 0 Å². The van der Waals surface area contributed by atoms with Crippen molar-refractivity contribution in [3.8, 4) is 0 Å². The molecule has 7 heteroatoms. The summed E-state index contributed by atoms with van der Waals surface area (Å²) in [7, 11) is -3.78. The maximum Gasteiger partial charge on any atom is 0.325 e. The zero-order chi connectivity index (χ0) is 19.5. The van der Waals surface area contributed by atoms with Gasteiger partial charge in [-0.25, -0.2) is 5.48 Å². The van der Waals surface area contributed by atoms with Crippen LogP contribution in [0.15, 0.2) is 0 Å². The van der Waals surface area contributed by atoms with Gasteiger partial charge in [0.2, 0.25) is 5.91 Å². The monoisotopic (exact) mass is 393 g/mol. The van der Waals surface area contributed by atoms with Crippen molar-refractivity contribution in [1.29, 1.82) is 0 Å². The van der Waals surface area contributed by atoms with Crippen LogP contribution in [0.5, 0.6) is 0 Å². The molecule has 0 fully saturated rings. The van der Waals surface area contributed by atoms with E-state index < -0.39 is 7.60 Å². The van der Waals surface area contributed by atoms with E-state index >= 15 is 0 Å². The van der Waals surface area contributed by atoms with Crippen molar-refractivity contribution in [1.82, 2.24) is 5.48 Å². The largest absolute Gasteiger partial charge is 0.325 e. The van der Waals surface area contributed by atoms with Crippen LogP contribution in [0.1, 0.15) is 109 Å². The average molecular weight is 394 g/mol. The number of carbonyl (C=O) groups is 1. The minimum atomic E-state index is -3.78. The van der Waals surface area contributed by atoms with Gasteiger partial charge in [-0.05, 0) is 12.8 Å². The molecule has 0 saturated carbocycles. The Hall–Kier alpha value is -0.420. The molecule has 156 valence electrons. The number of hydrogen-bond acceptors (Lipinski definition) is 3. The number of carbonyl (C=O) groups excluding carboxylic acids is 1. The first-order valence-corrected chi connectivity index (χ1v) is 12.2. The van der Waals surface area contributed by atoms with Gasteiger partial charge in [0.05, 0.1) is 0 Å². The summed E-state index contributed by atoms with van der Waals surface area (Å²) in [6, 6.07) is 0. The molecule has 1 amide bonds. The van der Waals surface area contributed by atoms with Gasteiger partial charge in [0.15, 0.2) is 0 Å². The van der Waals surface area contributed by atoms with E-state index in [9.17, 15) is 9.36 Å². The molecular weight excluding hydrogens is 353 g/mol. The first-order chi connectivity index (χ1) is 12.5. The molecular formula is C19H40NO5P. The van der Waals surface area contributed by atoms with E-state index in [1.165, 1.54) is 70.6 Å². The Morgan fingerprint density at radius 3 is 1.23 bits per heavy atom. The van der Waals surface area contributed by atoms with E-state index in [4.69, 9.17) is 15.0 Å². The summed E-state index contributed by atoms with van der Waals surface area (Å²) in [5, 5.41) is 8.37. The zero-order valence-corrected chi connectivity index (χ0v) is 17.2. The molecule has 6 nitrogen and oxygen atoms in total. The second-order valence-corrected chi connectivity index (χ2v) is 9.11. The topological polar surface area (TPSA) is 107 Å². The van der Waals surface area contributed by atoms with Crippen LogP contribution in [0.3, 0.4) is 0 Å². The number of amides is 1. The fourth-order valence-electron chi connectivity index (χ4n) is 3.13. The van der Waals surface area contributed by atoms with Gasteiger partial charge < -0.3 is 9.79 Å². The van der Waals surface area contributed by atoms with Gasteiger partial charge in [-0.3, -0.25) is 14.6 Å². The number of nitrogens with one attached hydrogen (secondary N) is 1. The van der Waals surface area contributed by atoms with Crippen LogP contribution in [-0.2, 0) is 9.36 Å². The third-order valence-corrected chi connectivity index (χ3v) is 5.63. The summed E-state index contributed by atoms with van der Waals surface area (Å²) in [4.78, 5) is 28.3. The van der Waals surface area contributed by atoms with Crippen molar-refractivity contribution < 1.29 is 24.4 Å². The molecule has 0 aromatic rings. The summed E-state index contributed by atoms with van der Waals surface area (Å²) in [5.41, 5.74) is 1.66. The fourth-order valence-corrected chi connectivity index (χ4v) is 3.77. The van der Waals surface area contributed by atoms with Crippen LogP contribution in [-0.4, -0.2) is 27.1 Å². The second-order valence-electron chi connectivity index (χ2n) is 7.33. The van der Waals surface area contributed by atoms with Crippen molar-refractivity contribution in [2.24, 2.45) is 0 Å². The van der Waals surface area contributed by atoms with Crippen molar-refractivity contribution in [3.05, 3.63) is 0 Å². The first kappa shape index (κ1) is 25.6. The lowest BCUT2D eigenvalue weighted by Gasteiger charge is -2.04. The Kier molecular flexibility index (Phi) is 17.7. The van der Waals surface area contributed by atoms with Crippen LogP contribution < -0.4 is 5.48 Å². The van der Waals surface area contributed by atoms with Crippen LogP contribution >= 0.6 is 7.60 Å². The molecule has 0 aliphatic carbocycles. The van der Waals surface area contributed by atoms with E-state index in [-0.39, 0.29) is 12.1 Å². The van der Waals surface area contributed by atoms with Gasteiger partial charge in [-0.15, -0.1) is 0 Å². The molecule has 0 atom stereocenters. The van der Waals surface area contributed by atoms with E-state index in [0.29, 0.717) is 12.8 Å². The predicted octanol–water partition coefficient (Wildman–Crippen LogP) is 5.30. The molecule has 0 rings (SSSR count). The summed E-state index contributed by atoms with van der Waals surface area (Å²) < 4.78 is 10.7. The highest BCUT2D eigenvalue weighted by molar-refractivity contribution is 7.51. The maximum absolute atomic E-state index is 10.8. The van der Waals surface area contributed by atoms with Crippen molar-refractivity contribution in [3.63, 3.8) is 0 Å². The number of unbranched alkanes of at least 4 members (excludes halogenated alkanes) is 15. The van der Waals surface area contributed by atoms with Gasteiger partial charge in [0.1, 0.15) is 0 Å².